The third-order valence-electron chi connectivity index (χ3n) is 2.79. The maximum atomic E-state index is 5.96. The second kappa shape index (κ2) is 3.83. The lowest BCUT2D eigenvalue weighted by Crippen LogP contribution is -2.22. The molecule has 1 atom stereocenters. The molecule has 1 aliphatic heterocycles. The predicted octanol–water partition coefficient (Wildman–Crippen LogP) is 3.60. The van der Waals surface area contributed by atoms with Gasteiger partial charge in [-0.1, -0.05) is 29.8 Å². The molecule has 3 heteroatoms. The number of benzene rings is 1. The zero-order valence-corrected chi connectivity index (χ0v) is 9.88. The highest BCUT2D eigenvalue weighted by Crippen LogP contribution is 2.36. The number of ether oxygens (including phenoxy) is 1. The van der Waals surface area contributed by atoms with Crippen LogP contribution < -0.4 is 10.1 Å². The Hall–Kier alpha value is -1.48. The van der Waals surface area contributed by atoms with E-state index in [9.17, 15) is 0 Å². The fraction of sp³-hybridized carbons (Fsp3) is 0.231. The number of nitrogens with one attached hydrogen (secondary N) is 1. The molecule has 2 aromatic rings. The number of rotatable bonds is 1. The molecule has 0 fully saturated rings. The van der Waals surface area contributed by atoms with E-state index in [2.05, 4.69) is 41.9 Å². The molecule has 1 aromatic carbocycles. The van der Waals surface area contributed by atoms with E-state index < -0.39 is 0 Å². The van der Waals surface area contributed by atoms with Gasteiger partial charge in [0, 0.05) is 10.8 Å². The van der Waals surface area contributed by atoms with Crippen molar-refractivity contribution in [3.8, 4) is 5.75 Å². The van der Waals surface area contributed by atoms with Gasteiger partial charge in [-0.3, -0.25) is 0 Å². The number of anilines is 1. The van der Waals surface area contributed by atoms with Crippen LogP contribution in [-0.2, 0) is 0 Å². The molecular formula is C13H13NOS. The molecule has 0 saturated carbocycles. The van der Waals surface area contributed by atoms with Gasteiger partial charge in [0.1, 0.15) is 6.10 Å². The van der Waals surface area contributed by atoms with Gasteiger partial charge >= 0.3 is 0 Å². The minimum Gasteiger partial charge on any atom is -0.481 e. The van der Waals surface area contributed by atoms with Crippen LogP contribution in [0.2, 0.25) is 0 Å². The minimum absolute atomic E-state index is 0.127. The van der Waals surface area contributed by atoms with Crippen molar-refractivity contribution in [3.63, 3.8) is 0 Å². The summed E-state index contributed by atoms with van der Waals surface area (Å²) in [5.41, 5.74) is 3.63. The van der Waals surface area contributed by atoms with E-state index in [0.29, 0.717) is 0 Å². The Balaban J connectivity index is 1.88. The summed E-state index contributed by atoms with van der Waals surface area (Å²) >= 11 is 1.67. The number of aryl methyl sites for hydroxylation is 1. The van der Waals surface area contributed by atoms with Gasteiger partial charge in [-0.2, -0.15) is 0 Å². The Bertz CT molecular complexity index is 506. The molecule has 2 nitrogen and oxygen atoms in total. The molecule has 0 spiro atoms. The lowest BCUT2D eigenvalue weighted by atomic mass is 10.1. The first-order valence-corrected chi connectivity index (χ1v) is 6.30. The molecule has 16 heavy (non-hydrogen) atoms. The third-order valence-corrected chi connectivity index (χ3v) is 3.51. The summed E-state index contributed by atoms with van der Waals surface area (Å²) in [5, 5.41) is 7.53. The Morgan fingerprint density at radius 3 is 3.19 bits per heavy atom. The van der Waals surface area contributed by atoms with Gasteiger partial charge in [0.15, 0.2) is 5.75 Å². The second-order valence-corrected chi connectivity index (χ2v) is 4.79. The number of hydrogen-bond donors (Lipinski definition) is 1. The van der Waals surface area contributed by atoms with Crippen LogP contribution in [-0.4, -0.2) is 6.54 Å². The van der Waals surface area contributed by atoms with Crippen LogP contribution in [0, 0.1) is 6.92 Å². The quantitative estimate of drug-likeness (QED) is 0.809. The average molecular weight is 231 g/mol. The SMILES string of the molecule is Cc1cccc(C2CNc3cscc3O2)c1. The highest BCUT2D eigenvalue weighted by Gasteiger charge is 2.21. The average Bonchev–Trinajstić information content (AvgIpc) is 2.75. The van der Waals surface area contributed by atoms with Crippen molar-refractivity contribution < 1.29 is 4.74 Å². The fourth-order valence-electron chi connectivity index (χ4n) is 1.96. The van der Waals surface area contributed by atoms with Crippen LogP contribution in [0.15, 0.2) is 35.0 Å². The van der Waals surface area contributed by atoms with Crippen molar-refractivity contribution in [1.29, 1.82) is 0 Å². The molecule has 1 aliphatic rings. The van der Waals surface area contributed by atoms with Gasteiger partial charge in [-0.05, 0) is 12.5 Å². The van der Waals surface area contributed by atoms with Gasteiger partial charge in [-0.15, -0.1) is 11.3 Å². The van der Waals surface area contributed by atoms with Crippen LogP contribution in [0.1, 0.15) is 17.2 Å². The number of thiophene rings is 1. The molecule has 2 heterocycles. The van der Waals surface area contributed by atoms with Crippen molar-refractivity contribution in [1.82, 2.24) is 0 Å². The van der Waals surface area contributed by atoms with Crippen LogP contribution in [0.3, 0.4) is 0 Å². The van der Waals surface area contributed by atoms with Gasteiger partial charge in [0.25, 0.3) is 0 Å². The summed E-state index contributed by atoms with van der Waals surface area (Å²) in [5.74, 6) is 0.975. The van der Waals surface area contributed by atoms with E-state index in [-0.39, 0.29) is 6.10 Å². The van der Waals surface area contributed by atoms with Crippen molar-refractivity contribution >= 4 is 17.0 Å². The topological polar surface area (TPSA) is 21.3 Å². The number of fused-ring (bicyclic) bond motifs is 1. The molecular weight excluding hydrogens is 218 g/mol. The second-order valence-electron chi connectivity index (χ2n) is 4.05. The summed E-state index contributed by atoms with van der Waals surface area (Å²) in [6.07, 6.45) is 0.127. The highest BCUT2D eigenvalue weighted by atomic mass is 32.1. The van der Waals surface area contributed by atoms with Gasteiger partial charge in [-0.25, -0.2) is 0 Å². The van der Waals surface area contributed by atoms with Gasteiger partial charge in [0.05, 0.1) is 12.2 Å². The zero-order valence-electron chi connectivity index (χ0n) is 9.07. The standard InChI is InChI=1S/C13H13NOS/c1-9-3-2-4-10(5-9)12-6-14-11-7-16-8-13(11)15-12/h2-5,7-8,12,14H,6H2,1H3. The van der Waals surface area contributed by atoms with E-state index in [4.69, 9.17) is 4.74 Å². The third kappa shape index (κ3) is 1.67. The monoisotopic (exact) mass is 231 g/mol. The Morgan fingerprint density at radius 1 is 1.38 bits per heavy atom. The normalized spacial score (nSPS) is 18.4. The maximum Gasteiger partial charge on any atom is 0.154 e. The Morgan fingerprint density at radius 2 is 2.31 bits per heavy atom. The smallest absolute Gasteiger partial charge is 0.154 e. The molecule has 0 saturated heterocycles. The Labute approximate surface area is 98.9 Å². The molecule has 0 bridgehead atoms. The first-order chi connectivity index (χ1) is 7.83. The molecule has 0 radical (unpaired) electrons. The first-order valence-electron chi connectivity index (χ1n) is 5.36. The van der Waals surface area contributed by atoms with E-state index >= 15 is 0 Å². The van der Waals surface area contributed by atoms with E-state index in [1.807, 2.05) is 5.38 Å². The van der Waals surface area contributed by atoms with Crippen molar-refractivity contribution in [2.75, 3.05) is 11.9 Å². The van der Waals surface area contributed by atoms with Crippen LogP contribution in [0.5, 0.6) is 5.75 Å². The molecule has 0 amide bonds. The van der Waals surface area contributed by atoms with Crippen LogP contribution >= 0.6 is 11.3 Å². The summed E-state index contributed by atoms with van der Waals surface area (Å²) in [7, 11) is 0. The lowest BCUT2D eigenvalue weighted by molar-refractivity contribution is 0.211. The molecule has 1 unspecified atom stereocenters. The van der Waals surface area contributed by atoms with Gasteiger partial charge < -0.3 is 10.1 Å². The summed E-state index contributed by atoms with van der Waals surface area (Å²) < 4.78 is 5.96. The highest BCUT2D eigenvalue weighted by molar-refractivity contribution is 7.08. The zero-order chi connectivity index (χ0) is 11.0. The Kier molecular flexibility index (Phi) is 2.33. The number of hydrogen-bond acceptors (Lipinski definition) is 3. The minimum atomic E-state index is 0.127. The van der Waals surface area contributed by atoms with Crippen molar-refractivity contribution in [3.05, 3.63) is 46.2 Å². The summed E-state index contributed by atoms with van der Waals surface area (Å²) in [6.45, 7) is 2.95. The van der Waals surface area contributed by atoms with Crippen LogP contribution in [0.25, 0.3) is 0 Å². The largest absolute Gasteiger partial charge is 0.481 e. The van der Waals surface area contributed by atoms with Crippen LogP contribution in [0.4, 0.5) is 5.69 Å². The molecule has 1 N–H and O–H groups in total. The van der Waals surface area contributed by atoms with E-state index in [1.54, 1.807) is 11.3 Å². The lowest BCUT2D eigenvalue weighted by Gasteiger charge is -2.25. The summed E-state index contributed by atoms with van der Waals surface area (Å²) in [4.78, 5) is 0. The first kappa shape index (κ1) is 9.73. The van der Waals surface area contributed by atoms with E-state index in [1.165, 1.54) is 11.1 Å². The molecule has 82 valence electrons. The van der Waals surface area contributed by atoms with Crippen molar-refractivity contribution in [2.45, 2.75) is 13.0 Å². The maximum absolute atomic E-state index is 5.96. The molecule has 0 aliphatic carbocycles. The fourth-order valence-corrected chi connectivity index (χ4v) is 2.67. The van der Waals surface area contributed by atoms with Crippen molar-refractivity contribution in [2.24, 2.45) is 0 Å². The van der Waals surface area contributed by atoms with E-state index in [0.717, 1.165) is 18.0 Å². The molecule has 3 rings (SSSR count). The van der Waals surface area contributed by atoms with Gasteiger partial charge in [0.2, 0.25) is 0 Å². The predicted molar refractivity (Wildman–Crippen MR) is 67.4 cm³/mol. The summed E-state index contributed by atoms with van der Waals surface area (Å²) in [6, 6.07) is 8.49. The molecule has 1 aromatic heterocycles.